The average Bonchev–Trinajstić information content (AvgIpc) is 2.21. The van der Waals surface area contributed by atoms with Gasteiger partial charge in [-0.2, -0.15) is 0 Å². The van der Waals surface area contributed by atoms with Crippen LogP contribution >= 0.6 is 0 Å². The van der Waals surface area contributed by atoms with Crippen molar-refractivity contribution in [3.8, 4) is 0 Å². The molecule has 0 saturated heterocycles. The van der Waals surface area contributed by atoms with Crippen molar-refractivity contribution in [2.45, 2.75) is 31.3 Å². The van der Waals surface area contributed by atoms with Gasteiger partial charge in [-0.3, -0.25) is 0 Å². The molecule has 1 aliphatic carbocycles. The van der Waals surface area contributed by atoms with Crippen molar-refractivity contribution in [3.05, 3.63) is 11.5 Å². The minimum atomic E-state index is -2.87. The molecule has 0 aromatic heterocycles. The lowest BCUT2D eigenvalue weighted by Gasteiger charge is -2.28. The van der Waals surface area contributed by atoms with Crippen molar-refractivity contribution in [2.24, 2.45) is 0 Å². The summed E-state index contributed by atoms with van der Waals surface area (Å²) in [6.45, 7) is 0. The van der Waals surface area contributed by atoms with E-state index in [1.165, 1.54) is 24.7 Å². The Morgan fingerprint density at radius 2 is 2.08 bits per heavy atom. The summed E-state index contributed by atoms with van der Waals surface area (Å²) in [7, 11) is -2.87. The molecule has 1 heterocycles. The van der Waals surface area contributed by atoms with Crippen LogP contribution in [0.25, 0.3) is 0 Å². The number of hydrogen-bond donors (Lipinski definition) is 1. The minimum absolute atomic E-state index is 0.0697. The van der Waals surface area contributed by atoms with Gasteiger partial charge in [-0.05, 0) is 12.8 Å². The average molecular weight is 187 g/mol. The van der Waals surface area contributed by atoms with Crippen LogP contribution in [0.15, 0.2) is 11.5 Å². The molecule has 0 spiro atoms. The van der Waals surface area contributed by atoms with Gasteiger partial charge in [0.25, 0.3) is 0 Å². The van der Waals surface area contributed by atoms with E-state index in [-0.39, 0.29) is 11.8 Å². The third-order valence-electron chi connectivity index (χ3n) is 2.49. The van der Waals surface area contributed by atoms with E-state index >= 15 is 0 Å². The topological polar surface area (TPSA) is 46.2 Å². The fraction of sp³-hybridized carbons (Fsp3) is 0.750. The maximum atomic E-state index is 11.0. The highest BCUT2D eigenvalue weighted by Gasteiger charge is 2.26. The molecule has 0 radical (unpaired) electrons. The van der Waals surface area contributed by atoms with E-state index in [4.69, 9.17) is 0 Å². The summed E-state index contributed by atoms with van der Waals surface area (Å²) < 4.78 is 22.0. The van der Waals surface area contributed by atoms with Crippen LogP contribution in [-0.4, -0.2) is 26.3 Å². The molecule has 4 heteroatoms. The van der Waals surface area contributed by atoms with Gasteiger partial charge in [-0.1, -0.05) is 12.5 Å². The van der Waals surface area contributed by atoms with Crippen molar-refractivity contribution >= 4 is 9.84 Å². The third-order valence-corrected chi connectivity index (χ3v) is 3.88. The SMILES string of the molecule is O=S1(=O)C=CC(NC2CCC2)C1. The zero-order valence-corrected chi connectivity index (χ0v) is 7.68. The molecule has 0 bridgehead atoms. The van der Waals surface area contributed by atoms with E-state index in [1.807, 2.05) is 0 Å². The van der Waals surface area contributed by atoms with Crippen LogP contribution in [0.5, 0.6) is 0 Å². The first-order valence-electron chi connectivity index (χ1n) is 4.33. The summed E-state index contributed by atoms with van der Waals surface area (Å²) in [5.41, 5.74) is 0. The molecule has 1 saturated carbocycles. The van der Waals surface area contributed by atoms with Crippen molar-refractivity contribution in [3.63, 3.8) is 0 Å². The van der Waals surface area contributed by atoms with Gasteiger partial charge in [0.15, 0.2) is 9.84 Å². The second kappa shape index (κ2) is 2.85. The number of hydrogen-bond acceptors (Lipinski definition) is 3. The Morgan fingerprint density at radius 3 is 2.50 bits per heavy atom. The van der Waals surface area contributed by atoms with Crippen LogP contribution in [0.2, 0.25) is 0 Å². The lowest BCUT2D eigenvalue weighted by atomic mass is 9.92. The maximum Gasteiger partial charge on any atom is 0.173 e. The van der Waals surface area contributed by atoms with Crippen LogP contribution in [0.3, 0.4) is 0 Å². The Labute approximate surface area is 72.8 Å². The molecule has 1 unspecified atom stereocenters. The van der Waals surface area contributed by atoms with E-state index in [0.29, 0.717) is 6.04 Å². The summed E-state index contributed by atoms with van der Waals surface area (Å²) in [6.07, 6.45) is 5.43. The molecule has 12 heavy (non-hydrogen) atoms. The second-order valence-corrected chi connectivity index (χ2v) is 5.49. The summed E-state index contributed by atoms with van der Waals surface area (Å²) in [5.74, 6) is 0.253. The first kappa shape index (κ1) is 8.26. The smallest absolute Gasteiger partial charge is 0.173 e. The lowest BCUT2D eigenvalue weighted by Crippen LogP contribution is -2.42. The second-order valence-electron chi connectivity index (χ2n) is 3.56. The van der Waals surface area contributed by atoms with E-state index < -0.39 is 9.84 Å². The Hall–Kier alpha value is -0.350. The van der Waals surface area contributed by atoms with Crippen molar-refractivity contribution in [1.29, 1.82) is 0 Å². The quantitative estimate of drug-likeness (QED) is 0.682. The predicted octanol–water partition coefficient (Wildman–Crippen LogP) is 0.439. The Morgan fingerprint density at radius 1 is 1.33 bits per heavy atom. The number of nitrogens with one attached hydrogen (secondary N) is 1. The van der Waals surface area contributed by atoms with Crippen molar-refractivity contribution < 1.29 is 8.42 Å². The van der Waals surface area contributed by atoms with Crippen LogP contribution in [0, 0.1) is 0 Å². The van der Waals surface area contributed by atoms with Gasteiger partial charge < -0.3 is 5.32 Å². The van der Waals surface area contributed by atoms with E-state index in [1.54, 1.807) is 6.08 Å². The van der Waals surface area contributed by atoms with Gasteiger partial charge in [0, 0.05) is 17.5 Å². The summed E-state index contributed by atoms with van der Waals surface area (Å²) >= 11 is 0. The number of rotatable bonds is 2. The van der Waals surface area contributed by atoms with Crippen LogP contribution < -0.4 is 5.32 Å². The van der Waals surface area contributed by atoms with Crippen LogP contribution in [-0.2, 0) is 9.84 Å². The Kier molecular flexibility index (Phi) is 1.96. The first-order valence-corrected chi connectivity index (χ1v) is 6.04. The van der Waals surface area contributed by atoms with Gasteiger partial charge in [0.1, 0.15) is 0 Å². The van der Waals surface area contributed by atoms with Gasteiger partial charge in [0.2, 0.25) is 0 Å². The molecular formula is C8H13NO2S. The monoisotopic (exact) mass is 187 g/mol. The number of sulfone groups is 1. The molecule has 3 nitrogen and oxygen atoms in total. The summed E-state index contributed by atoms with van der Waals surface area (Å²) in [5, 5.41) is 4.63. The van der Waals surface area contributed by atoms with Gasteiger partial charge in [-0.15, -0.1) is 0 Å². The summed E-state index contributed by atoms with van der Waals surface area (Å²) in [6, 6.07) is 0.633. The zero-order valence-electron chi connectivity index (χ0n) is 6.86. The van der Waals surface area contributed by atoms with Crippen LogP contribution in [0.1, 0.15) is 19.3 Å². The van der Waals surface area contributed by atoms with Gasteiger partial charge in [0.05, 0.1) is 5.75 Å². The predicted molar refractivity (Wildman–Crippen MR) is 47.5 cm³/mol. The molecule has 1 atom stereocenters. The van der Waals surface area contributed by atoms with Gasteiger partial charge >= 0.3 is 0 Å². The molecule has 0 aromatic rings. The fourth-order valence-corrected chi connectivity index (χ4v) is 2.81. The standard InChI is InChI=1S/C8H13NO2S/c10-12(11)5-4-8(6-12)9-7-2-1-3-7/h4-5,7-9H,1-3,6H2. The van der Waals surface area contributed by atoms with E-state index in [0.717, 1.165) is 0 Å². The highest BCUT2D eigenvalue weighted by Crippen LogP contribution is 2.20. The zero-order chi connectivity index (χ0) is 8.60. The normalized spacial score (nSPS) is 33.5. The third kappa shape index (κ3) is 1.69. The molecule has 1 fully saturated rings. The van der Waals surface area contributed by atoms with E-state index in [2.05, 4.69) is 5.32 Å². The molecule has 68 valence electrons. The maximum absolute atomic E-state index is 11.0. The van der Waals surface area contributed by atoms with Crippen molar-refractivity contribution in [2.75, 3.05) is 5.75 Å². The van der Waals surface area contributed by atoms with Crippen LogP contribution in [0.4, 0.5) is 0 Å². The highest BCUT2D eigenvalue weighted by molar-refractivity contribution is 7.94. The minimum Gasteiger partial charge on any atom is -0.307 e. The molecule has 0 amide bonds. The molecule has 2 aliphatic rings. The summed E-state index contributed by atoms with van der Waals surface area (Å²) in [4.78, 5) is 0. The lowest BCUT2D eigenvalue weighted by molar-refractivity contribution is 0.329. The highest BCUT2D eigenvalue weighted by atomic mass is 32.2. The van der Waals surface area contributed by atoms with E-state index in [9.17, 15) is 8.42 Å². The Bertz CT molecular complexity index is 290. The van der Waals surface area contributed by atoms with Crippen molar-refractivity contribution in [1.82, 2.24) is 5.32 Å². The fourth-order valence-electron chi connectivity index (χ4n) is 1.56. The Balaban J connectivity index is 1.88. The molecule has 1 aliphatic heterocycles. The molecule has 0 aromatic carbocycles. The molecule has 2 rings (SSSR count). The molecular weight excluding hydrogens is 174 g/mol. The van der Waals surface area contributed by atoms with Gasteiger partial charge in [-0.25, -0.2) is 8.42 Å². The first-order chi connectivity index (χ1) is 5.66. The largest absolute Gasteiger partial charge is 0.307 e. The molecule has 1 N–H and O–H groups in total.